The van der Waals surface area contributed by atoms with Crippen molar-refractivity contribution in [3.8, 4) is 0 Å². The number of rotatable bonds is 2. The number of nitrogens with zero attached hydrogens (tertiary/aromatic N) is 1. The summed E-state index contributed by atoms with van der Waals surface area (Å²) in [6, 6.07) is 5.36. The first kappa shape index (κ1) is 9.45. The van der Waals surface area contributed by atoms with Crippen LogP contribution in [0.15, 0.2) is 23.4 Å². The van der Waals surface area contributed by atoms with E-state index in [9.17, 15) is 4.79 Å². The third-order valence-corrected chi connectivity index (χ3v) is 1.97. The number of carbonyl (C=O) groups excluding carboxylic acids is 1. The third kappa shape index (κ3) is 2.15. The monoisotopic (exact) mass is 177 g/mol. The SMILES string of the molecule is Cc1ccc(C(=O)C=NO)cc1C. The number of oxime groups is 1. The van der Waals surface area contributed by atoms with Crippen LogP contribution in [0.4, 0.5) is 0 Å². The average Bonchev–Trinajstić information content (AvgIpc) is 2.10. The van der Waals surface area contributed by atoms with Crippen LogP contribution in [0.25, 0.3) is 0 Å². The van der Waals surface area contributed by atoms with Gasteiger partial charge in [-0.15, -0.1) is 0 Å². The van der Waals surface area contributed by atoms with Gasteiger partial charge in [-0.3, -0.25) is 4.79 Å². The molecular formula is C10H11NO2. The maximum atomic E-state index is 11.2. The molecule has 3 nitrogen and oxygen atoms in total. The molecule has 1 rings (SSSR count). The molecule has 0 radical (unpaired) electrons. The smallest absolute Gasteiger partial charge is 0.207 e. The fourth-order valence-corrected chi connectivity index (χ4v) is 1.02. The summed E-state index contributed by atoms with van der Waals surface area (Å²) in [4.78, 5) is 11.2. The van der Waals surface area contributed by atoms with E-state index in [4.69, 9.17) is 5.21 Å². The highest BCUT2D eigenvalue weighted by Crippen LogP contribution is 2.09. The van der Waals surface area contributed by atoms with Gasteiger partial charge in [-0.1, -0.05) is 17.3 Å². The number of benzene rings is 1. The molecule has 0 fully saturated rings. The molecule has 0 saturated heterocycles. The van der Waals surface area contributed by atoms with E-state index in [0.717, 1.165) is 17.3 Å². The van der Waals surface area contributed by atoms with Gasteiger partial charge < -0.3 is 5.21 Å². The average molecular weight is 177 g/mol. The second kappa shape index (κ2) is 3.85. The standard InChI is InChI=1S/C10H11NO2/c1-7-3-4-9(5-8(7)2)10(12)6-11-13/h3-6,13H,1-2H3. The predicted octanol–water partition coefficient (Wildman–Crippen LogP) is 1.95. The summed E-state index contributed by atoms with van der Waals surface area (Å²) in [7, 11) is 0. The van der Waals surface area contributed by atoms with Crippen molar-refractivity contribution in [1.82, 2.24) is 0 Å². The summed E-state index contributed by atoms with van der Waals surface area (Å²) in [5.41, 5.74) is 2.73. The third-order valence-electron chi connectivity index (χ3n) is 1.97. The molecule has 0 aromatic heterocycles. The van der Waals surface area contributed by atoms with Crippen LogP contribution in [-0.2, 0) is 0 Å². The van der Waals surface area contributed by atoms with Crippen LogP contribution in [0, 0.1) is 13.8 Å². The summed E-state index contributed by atoms with van der Waals surface area (Å²) in [6.07, 6.45) is 0.893. The minimum atomic E-state index is -0.286. The van der Waals surface area contributed by atoms with Crippen LogP contribution in [0.2, 0.25) is 0 Å². The van der Waals surface area contributed by atoms with Crippen LogP contribution < -0.4 is 0 Å². The zero-order valence-electron chi connectivity index (χ0n) is 7.61. The minimum absolute atomic E-state index is 0.286. The molecule has 68 valence electrons. The van der Waals surface area contributed by atoms with Crippen LogP contribution in [-0.4, -0.2) is 17.2 Å². The Labute approximate surface area is 76.7 Å². The molecule has 0 spiro atoms. The van der Waals surface area contributed by atoms with Gasteiger partial charge in [0.05, 0.1) is 0 Å². The van der Waals surface area contributed by atoms with Crippen molar-refractivity contribution in [1.29, 1.82) is 0 Å². The Morgan fingerprint density at radius 3 is 2.62 bits per heavy atom. The van der Waals surface area contributed by atoms with Gasteiger partial charge in [0.1, 0.15) is 6.21 Å². The highest BCUT2D eigenvalue weighted by molar-refractivity contribution is 6.35. The summed E-state index contributed by atoms with van der Waals surface area (Å²) in [6.45, 7) is 3.91. The topological polar surface area (TPSA) is 49.7 Å². The molecule has 0 aliphatic heterocycles. The molecule has 0 bridgehead atoms. The molecule has 0 aliphatic rings. The summed E-state index contributed by atoms with van der Waals surface area (Å²) >= 11 is 0. The van der Waals surface area contributed by atoms with Gasteiger partial charge in [0.25, 0.3) is 0 Å². The van der Waals surface area contributed by atoms with Crippen LogP contribution in [0.1, 0.15) is 21.5 Å². The molecule has 1 N–H and O–H groups in total. The number of carbonyl (C=O) groups is 1. The molecule has 1 aromatic rings. The summed E-state index contributed by atoms with van der Waals surface area (Å²) < 4.78 is 0. The number of aryl methyl sites for hydroxylation is 2. The lowest BCUT2D eigenvalue weighted by atomic mass is 10.0. The fourth-order valence-electron chi connectivity index (χ4n) is 1.02. The van der Waals surface area contributed by atoms with Gasteiger partial charge in [0.15, 0.2) is 0 Å². The van der Waals surface area contributed by atoms with E-state index >= 15 is 0 Å². The second-order valence-corrected chi connectivity index (χ2v) is 2.91. The van der Waals surface area contributed by atoms with E-state index in [2.05, 4.69) is 5.16 Å². The number of hydrogen-bond acceptors (Lipinski definition) is 3. The lowest BCUT2D eigenvalue weighted by molar-refractivity contribution is 0.106. The Morgan fingerprint density at radius 2 is 2.08 bits per heavy atom. The molecule has 0 saturated carbocycles. The van der Waals surface area contributed by atoms with Crippen LogP contribution in [0.3, 0.4) is 0 Å². The zero-order valence-corrected chi connectivity index (χ0v) is 7.61. The number of ketones is 1. The van der Waals surface area contributed by atoms with Crippen molar-refractivity contribution in [2.45, 2.75) is 13.8 Å². The quantitative estimate of drug-likeness (QED) is 0.325. The van der Waals surface area contributed by atoms with E-state index in [0.29, 0.717) is 5.56 Å². The van der Waals surface area contributed by atoms with Crippen molar-refractivity contribution in [2.75, 3.05) is 0 Å². The molecule has 3 heteroatoms. The van der Waals surface area contributed by atoms with Crippen molar-refractivity contribution in [3.63, 3.8) is 0 Å². The molecule has 1 aromatic carbocycles. The second-order valence-electron chi connectivity index (χ2n) is 2.91. The Balaban J connectivity index is 3.04. The Hall–Kier alpha value is -1.64. The highest BCUT2D eigenvalue weighted by Gasteiger charge is 2.03. The van der Waals surface area contributed by atoms with Gasteiger partial charge in [-0.25, -0.2) is 0 Å². The van der Waals surface area contributed by atoms with Crippen molar-refractivity contribution in [2.24, 2.45) is 5.16 Å². The molecule has 13 heavy (non-hydrogen) atoms. The predicted molar refractivity (Wildman–Crippen MR) is 50.5 cm³/mol. The van der Waals surface area contributed by atoms with Gasteiger partial charge in [0.2, 0.25) is 5.78 Å². The summed E-state index contributed by atoms with van der Waals surface area (Å²) in [5.74, 6) is -0.286. The van der Waals surface area contributed by atoms with Gasteiger partial charge in [-0.2, -0.15) is 0 Å². The van der Waals surface area contributed by atoms with E-state index in [-0.39, 0.29) is 5.78 Å². The van der Waals surface area contributed by atoms with E-state index < -0.39 is 0 Å². The van der Waals surface area contributed by atoms with E-state index in [1.54, 1.807) is 12.1 Å². The first-order valence-electron chi connectivity index (χ1n) is 3.94. The van der Waals surface area contributed by atoms with Crippen molar-refractivity contribution in [3.05, 3.63) is 34.9 Å². The lowest BCUT2D eigenvalue weighted by Gasteiger charge is -2.00. The Morgan fingerprint density at radius 1 is 1.38 bits per heavy atom. The molecule has 0 heterocycles. The highest BCUT2D eigenvalue weighted by atomic mass is 16.4. The number of Topliss-reactive ketones (excluding diaryl/α,β-unsaturated/α-hetero) is 1. The molecule has 0 atom stereocenters. The summed E-state index contributed by atoms with van der Waals surface area (Å²) in [5, 5.41) is 10.9. The first-order chi connectivity index (χ1) is 6.15. The first-order valence-corrected chi connectivity index (χ1v) is 3.94. The molecule has 0 unspecified atom stereocenters. The minimum Gasteiger partial charge on any atom is -0.411 e. The maximum Gasteiger partial charge on any atom is 0.207 e. The normalized spacial score (nSPS) is 10.6. The van der Waals surface area contributed by atoms with E-state index in [1.807, 2.05) is 19.9 Å². The van der Waals surface area contributed by atoms with Crippen molar-refractivity contribution >= 4 is 12.0 Å². The lowest BCUT2D eigenvalue weighted by Crippen LogP contribution is -2.00. The van der Waals surface area contributed by atoms with Gasteiger partial charge in [0, 0.05) is 5.56 Å². The zero-order chi connectivity index (χ0) is 9.84. The Bertz CT molecular complexity index is 356. The fraction of sp³-hybridized carbons (Fsp3) is 0.200. The van der Waals surface area contributed by atoms with Crippen LogP contribution >= 0.6 is 0 Å². The van der Waals surface area contributed by atoms with E-state index in [1.165, 1.54) is 0 Å². The molecular weight excluding hydrogens is 166 g/mol. The largest absolute Gasteiger partial charge is 0.411 e. The van der Waals surface area contributed by atoms with Crippen molar-refractivity contribution < 1.29 is 10.0 Å². The molecule has 0 amide bonds. The maximum absolute atomic E-state index is 11.2. The van der Waals surface area contributed by atoms with Gasteiger partial charge in [-0.05, 0) is 31.0 Å². The van der Waals surface area contributed by atoms with Crippen LogP contribution in [0.5, 0.6) is 0 Å². The number of hydrogen-bond donors (Lipinski definition) is 1. The Kier molecular flexibility index (Phi) is 2.80. The molecule has 0 aliphatic carbocycles. The van der Waals surface area contributed by atoms with Gasteiger partial charge >= 0.3 is 0 Å².